The lowest BCUT2D eigenvalue weighted by molar-refractivity contribution is -0.141. The number of hydrogen-bond donors (Lipinski definition) is 0. The van der Waals surface area contributed by atoms with Crippen molar-refractivity contribution in [2.45, 2.75) is 13.0 Å². The average molecular weight is 331 g/mol. The molecule has 0 bridgehead atoms. The molecule has 2 aromatic rings. The van der Waals surface area contributed by atoms with Crippen LogP contribution in [-0.4, -0.2) is 47.1 Å². The molecule has 7 heteroatoms. The minimum absolute atomic E-state index is 0.140. The Hall–Kier alpha value is -2.54. The van der Waals surface area contributed by atoms with Gasteiger partial charge < -0.3 is 14.4 Å². The van der Waals surface area contributed by atoms with Crippen LogP contribution in [0.3, 0.4) is 0 Å². The summed E-state index contributed by atoms with van der Waals surface area (Å²) in [4.78, 5) is 22.4. The maximum atomic E-state index is 13.1. The summed E-state index contributed by atoms with van der Waals surface area (Å²) in [7, 11) is 0. The molecule has 0 radical (unpaired) electrons. The molecule has 0 aliphatic carbocycles. The van der Waals surface area contributed by atoms with Crippen molar-refractivity contribution >= 4 is 5.91 Å². The summed E-state index contributed by atoms with van der Waals surface area (Å²) in [6.45, 7) is 2.99. The van der Waals surface area contributed by atoms with Crippen LogP contribution in [0.15, 0.2) is 36.5 Å². The normalized spacial score (nSPS) is 17.6. The van der Waals surface area contributed by atoms with E-state index in [2.05, 4.69) is 9.97 Å². The van der Waals surface area contributed by atoms with E-state index in [0.29, 0.717) is 31.3 Å². The summed E-state index contributed by atoms with van der Waals surface area (Å²) in [5.74, 6) is 0.428. The van der Waals surface area contributed by atoms with E-state index >= 15 is 0 Å². The molecule has 1 aromatic heterocycles. The van der Waals surface area contributed by atoms with E-state index in [1.54, 1.807) is 23.2 Å². The van der Waals surface area contributed by atoms with Gasteiger partial charge in [-0.05, 0) is 25.1 Å². The van der Waals surface area contributed by atoms with Crippen molar-refractivity contribution < 1.29 is 18.7 Å². The molecule has 1 atom stereocenters. The minimum atomic E-state index is -0.398. The van der Waals surface area contributed by atoms with Crippen molar-refractivity contribution in [1.82, 2.24) is 14.9 Å². The SMILES string of the molecule is Cc1nccc([C@@H]2CN(C(=O)COc3cccc(F)c3)CCO2)n1. The molecular weight excluding hydrogens is 313 g/mol. The predicted octanol–water partition coefficient (Wildman–Crippen LogP) is 1.90. The second-order valence-corrected chi connectivity index (χ2v) is 5.47. The highest BCUT2D eigenvalue weighted by Crippen LogP contribution is 2.20. The highest BCUT2D eigenvalue weighted by atomic mass is 19.1. The fourth-order valence-corrected chi connectivity index (χ4v) is 2.50. The largest absolute Gasteiger partial charge is 0.484 e. The number of benzene rings is 1. The van der Waals surface area contributed by atoms with Crippen molar-refractivity contribution in [3.05, 3.63) is 53.9 Å². The zero-order chi connectivity index (χ0) is 16.9. The van der Waals surface area contributed by atoms with E-state index in [4.69, 9.17) is 9.47 Å². The van der Waals surface area contributed by atoms with Gasteiger partial charge in [0.2, 0.25) is 0 Å². The van der Waals surface area contributed by atoms with E-state index in [9.17, 15) is 9.18 Å². The highest BCUT2D eigenvalue weighted by Gasteiger charge is 2.26. The van der Waals surface area contributed by atoms with Gasteiger partial charge in [-0.2, -0.15) is 0 Å². The van der Waals surface area contributed by atoms with E-state index < -0.39 is 5.82 Å². The van der Waals surface area contributed by atoms with E-state index in [0.717, 1.165) is 5.69 Å². The number of morpholine rings is 1. The second kappa shape index (κ2) is 7.35. The molecule has 2 heterocycles. The molecule has 0 N–H and O–H groups in total. The topological polar surface area (TPSA) is 64.6 Å². The van der Waals surface area contributed by atoms with Gasteiger partial charge in [0.25, 0.3) is 5.91 Å². The summed E-state index contributed by atoms with van der Waals surface area (Å²) >= 11 is 0. The quantitative estimate of drug-likeness (QED) is 0.856. The monoisotopic (exact) mass is 331 g/mol. The Morgan fingerprint density at radius 2 is 2.33 bits per heavy atom. The van der Waals surface area contributed by atoms with Crippen LogP contribution in [0, 0.1) is 12.7 Å². The van der Waals surface area contributed by atoms with Crippen LogP contribution in [0.4, 0.5) is 4.39 Å². The molecule has 1 amide bonds. The van der Waals surface area contributed by atoms with Crippen molar-refractivity contribution in [2.24, 2.45) is 0 Å². The van der Waals surface area contributed by atoms with Gasteiger partial charge in [0, 0.05) is 18.8 Å². The Balaban J connectivity index is 1.59. The maximum Gasteiger partial charge on any atom is 0.260 e. The first-order chi connectivity index (χ1) is 11.6. The van der Waals surface area contributed by atoms with Crippen molar-refractivity contribution in [3.63, 3.8) is 0 Å². The smallest absolute Gasteiger partial charge is 0.260 e. The van der Waals surface area contributed by atoms with Crippen molar-refractivity contribution in [3.8, 4) is 5.75 Å². The van der Waals surface area contributed by atoms with Crippen LogP contribution < -0.4 is 4.74 Å². The Labute approximate surface area is 139 Å². The number of ether oxygens (including phenoxy) is 2. The Morgan fingerprint density at radius 3 is 3.12 bits per heavy atom. The molecule has 1 aliphatic rings. The summed E-state index contributed by atoms with van der Waals surface area (Å²) in [5, 5.41) is 0. The van der Waals surface area contributed by atoms with Crippen molar-refractivity contribution in [1.29, 1.82) is 0 Å². The van der Waals surface area contributed by atoms with Gasteiger partial charge in [-0.25, -0.2) is 14.4 Å². The lowest BCUT2D eigenvalue weighted by Gasteiger charge is -2.32. The maximum absolute atomic E-state index is 13.1. The third-order valence-corrected chi connectivity index (χ3v) is 3.71. The molecule has 24 heavy (non-hydrogen) atoms. The molecule has 0 saturated carbocycles. The summed E-state index contributed by atoms with van der Waals surface area (Å²) < 4.78 is 24.2. The third kappa shape index (κ3) is 4.05. The molecule has 126 valence electrons. The van der Waals surface area contributed by atoms with Gasteiger partial charge in [0.05, 0.1) is 18.8 Å². The fraction of sp³-hybridized carbons (Fsp3) is 0.353. The molecule has 1 fully saturated rings. The van der Waals surface area contributed by atoms with Gasteiger partial charge >= 0.3 is 0 Å². The zero-order valence-corrected chi connectivity index (χ0v) is 13.3. The summed E-state index contributed by atoms with van der Waals surface area (Å²) in [6.07, 6.45) is 1.40. The average Bonchev–Trinajstić information content (AvgIpc) is 2.60. The fourth-order valence-electron chi connectivity index (χ4n) is 2.50. The Morgan fingerprint density at radius 1 is 1.46 bits per heavy atom. The number of carbonyl (C=O) groups excluding carboxylic acids is 1. The molecule has 1 aromatic carbocycles. The van der Waals surface area contributed by atoms with Crippen LogP contribution in [0.2, 0.25) is 0 Å². The first kappa shape index (κ1) is 16.3. The Kier molecular flexibility index (Phi) is 5.00. The summed E-state index contributed by atoms with van der Waals surface area (Å²) in [6, 6.07) is 7.51. The van der Waals surface area contributed by atoms with Gasteiger partial charge in [-0.15, -0.1) is 0 Å². The number of carbonyl (C=O) groups is 1. The number of halogens is 1. The van der Waals surface area contributed by atoms with Crippen LogP contribution >= 0.6 is 0 Å². The van der Waals surface area contributed by atoms with Gasteiger partial charge in [-0.1, -0.05) is 6.07 Å². The molecule has 1 aliphatic heterocycles. The highest BCUT2D eigenvalue weighted by molar-refractivity contribution is 5.77. The number of nitrogens with zero attached hydrogens (tertiary/aromatic N) is 3. The second-order valence-electron chi connectivity index (χ2n) is 5.47. The number of amides is 1. The van der Waals surface area contributed by atoms with E-state index in [-0.39, 0.29) is 18.6 Å². The van der Waals surface area contributed by atoms with E-state index in [1.807, 2.05) is 6.92 Å². The molecule has 1 saturated heterocycles. The van der Waals surface area contributed by atoms with Crippen LogP contribution in [0.5, 0.6) is 5.75 Å². The number of aryl methyl sites for hydroxylation is 1. The number of hydrogen-bond acceptors (Lipinski definition) is 5. The predicted molar refractivity (Wildman–Crippen MR) is 83.9 cm³/mol. The minimum Gasteiger partial charge on any atom is -0.484 e. The molecule has 3 rings (SSSR count). The van der Waals surface area contributed by atoms with Crippen LogP contribution in [0.25, 0.3) is 0 Å². The van der Waals surface area contributed by atoms with Crippen molar-refractivity contribution in [2.75, 3.05) is 26.3 Å². The lowest BCUT2D eigenvalue weighted by atomic mass is 10.2. The molecule has 0 unspecified atom stereocenters. The standard InChI is InChI=1S/C17H18FN3O3/c1-12-19-6-5-15(20-12)16-10-21(7-8-23-16)17(22)11-24-14-4-2-3-13(18)9-14/h2-6,9,16H,7-8,10-11H2,1H3/t16-/m0/s1. The molecular formula is C17H18FN3O3. The first-order valence-electron chi connectivity index (χ1n) is 7.69. The van der Waals surface area contributed by atoms with Crippen LogP contribution in [0.1, 0.15) is 17.6 Å². The van der Waals surface area contributed by atoms with E-state index in [1.165, 1.54) is 18.2 Å². The lowest BCUT2D eigenvalue weighted by Crippen LogP contribution is -2.44. The molecule has 0 spiro atoms. The number of rotatable bonds is 4. The van der Waals surface area contributed by atoms with Gasteiger partial charge in [0.15, 0.2) is 6.61 Å². The number of aromatic nitrogens is 2. The molecule has 6 nitrogen and oxygen atoms in total. The first-order valence-corrected chi connectivity index (χ1v) is 7.69. The Bertz CT molecular complexity index is 726. The summed E-state index contributed by atoms with van der Waals surface area (Å²) in [5.41, 5.74) is 0.756. The third-order valence-electron chi connectivity index (χ3n) is 3.71. The van der Waals surface area contributed by atoms with Crippen LogP contribution in [-0.2, 0) is 9.53 Å². The van der Waals surface area contributed by atoms with Gasteiger partial charge in [0.1, 0.15) is 23.5 Å². The van der Waals surface area contributed by atoms with Gasteiger partial charge in [-0.3, -0.25) is 4.79 Å². The zero-order valence-electron chi connectivity index (χ0n) is 13.3.